The zero-order valence-electron chi connectivity index (χ0n) is 14.8. The van der Waals surface area contributed by atoms with Crippen LogP contribution in [0.4, 0.5) is 0 Å². The molecule has 2 aromatic rings. The number of amides is 1. The van der Waals surface area contributed by atoms with E-state index < -0.39 is 9.84 Å². The van der Waals surface area contributed by atoms with Crippen molar-refractivity contribution in [1.29, 1.82) is 0 Å². The molecule has 0 spiro atoms. The van der Waals surface area contributed by atoms with E-state index in [-0.39, 0.29) is 30.0 Å². The lowest BCUT2D eigenvalue weighted by atomic mass is 10.1. The maximum absolute atomic E-state index is 12.9. The Kier molecular flexibility index (Phi) is 6.71. The molecule has 0 saturated carbocycles. The molecule has 1 aliphatic rings. The molecule has 3 rings (SSSR count). The van der Waals surface area contributed by atoms with E-state index in [1.165, 1.54) is 6.08 Å². The molecule has 2 aromatic carbocycles. The Labute approximate surface area is 179 Å². The van der Waals surface area contributed by atoms with Crippen LogP contribution in [0.1, 0.15) is 17.5 Å². The number of hydrogen-bond donors (Lipinski definition) is 0. The van der Waals surface area contributed by atoms with E-state index >= 15 is 0 Å². The third kappa shape index (κ3) is 5.29. The SMILES string of the molecule is O=C(C=Cc1ccc(Cl)cc1Cl)N(Cc1ccccc1Cl)C1CCS(=O)(=O)C1. The van der Waals surface area contributed by atoms with Gasteiger partial charge in [0.25, 0.3) is 0 Å². The van der Waals surface area contributed by atoms with Gasteiger partial charge in [0.1, 0.15) is 0 Å². The lowest BCUT2D eigenvalue weighted by molar-refractivity contribution is -0.128. The second kappa shape index (κ2) is 8.87. The Hall–Kier alpha value is -1.53. The van der Waals surface area contributed by atoms with Gasteiger partial charge in [0.2, 0.25) is 5.91 Å². The standard InChI is InChI=1S/C20H18Cl3NO3S/c21-16-7-5-14(19(23)11-16)6-8-20(25)24(17-9-10-28(26,27)13-17)12-15-3-1-2-4-18(15)22/h1-8,11,17H,9-10,12-13H2. The third-order valence-electron chi connectivity index (χ3n) is 4.60. The molecule has 0 aliphatic carbocycles. The molecule has 28 heavy (non-hydrogen) atoms. The minimum atomic E-state index is -3.14. The monoisotopic (exact) mass is 457 g/mol. The van der Waals surface area contributed by atoms with E-state index in [0.29, 0.717) is 27.1 Å². The summed E-state index contributed by atoms with van der Waals surface area (Å²) in [7, 11) is -3.14. The quantitative estimate of drug-likeness (QED) is 0.600. The Morgan fingerprint density at radius 3 is 2.50 bits per heavy atom. The molecular weight excluding hydrogens is 441 g/mol. The Balaban J connectivity index is 1.86. The minimum absolute atomic E-state index is 0.0429. The summed E-state index contributed by atoms with van der Waals surface area (Å²) in [5.74, 6) is -0.261. The van der Waals surface area contributed by atoms with Gasteiger partial charge in [-0.2, -0.15) is 0 Å². The van der Waals surface area contributed by atoms with Crippen LogP contribution in [0.3, 0.4) is 0 Å². The van der Waals surface area contributed by atoms with E-state index in [0.717, 1.165) is 5.56 Å². The predicted octanol–water partition coefficient (Wildman–Crippen LogP) is 4.88. The van der Waals surface area contributed by atoms with Crippen molar-refractivity contribution in [2.75, 3.05) is 11.5 Å². The summed E-state index contributed by atoms with van der Waals surface area (Å²) in [6, 6.07) is 11.8. The largest absolute Gasteiger partial charge is 0.331 e. The first-order valence-corrected chi connectivity index (χ1v) is 11.6. The van der Waals surface area contributed by atoms with Gasteiger partial charge in [0.15, 0.2) is 9.84 Å². The van der Waals surface area contributed by atoms with Crippen LogP contribution < -0.4 is 0 Å². The van der Waals surface area contributed by atoms with Gasteiger partial charge in [-0.15, -0.1) is 0 Å². The zero-order chi connectivity index (χ0) is 20.3. The van der Waals surface area contributed by atoms with Crippen molar-refractivity contribution >= 4 is 56.6 Å². The summed E-state index contributed by atoms with van der Waals surface area (Å²) in [6.45, 7) is 0.234. The molecule has 148 valence electrons. The highest BCUT2D eigenvalue weighted by atomic mass is 35.5. The van der Waals surface area contributed by atoms with Crippen LogP contribution in [0, 0.1) is 0 Å². The molecule has 1 aliphatic heterocycles. The fourth-order valence-corrected chi connectivity index (χ4v) is 5.51. The van der Waals surface area contributed by atoms with Crippen molar-refractivity contribution in [3.63, 3.8) is 0 Å². The molecule has 0 N–H and O–H groups in total. The third-order valence-corrected chi connectivity index (χ3v) is 7.28. The van der Waals surface area contributed by atoms with E-state index in [1.54, 1.807) is 41.3 Å². The molecule has 1 amide bonds. The van der Waals surface area contributed by atoms with Crippen LogP contribution in [-0.4, -0.2) is 36.8 Å². The summed E-state index contributed by atoms with van der Waals surface area (Å²) < 4.78 is 23.9. The second-order valence-electron chi connectivity index (χ2n) is 6.61. The van der Waals surface area contributed by atoms with Crippen LogP contribution in [0.25, 0.3) is 6.08 Å². The first-order valence-electron chi connectivity index (χ1n) is 8.63. The number of carbonyl (C=O) groups is 1. The summed E-state index contributed by atoms with van der Waals surface area (Å²) >= 11 is 18.3. The van der Waals surface area contributed by atoms with E-state index in [9.17, 15) is 13.2 Å². The molecule has 1 heterocycles. The lowest BCUT2D eigenvalue weighted by Crippen LogP contribution is -2.39. The number of sulfone groups is 1. The summed E-state index contributed by atoms with van der Waals surface area (Å²) in [4.78, 5) is 14.5. The van der Waals surface area contributed by atoms with Crippen molar-refractivity contribution in [3.05, 3.63) is 74.7 Å². The first-order chi connectivity index (χ1) is 13.2. The van der Waals surface area contributed by atoms with Crippen molar-refractivity contribution in [2.24, 2.45) is 0 Å². The van der Waals surface area contributed by atoms with Gasteiger partial charge in [0, 0.05) is 33.7 Å². The molecule has 0 bridgehead atoms. The number of carbonyl (C=O) groups excluding carboxylic acids is 1. The summed E-state index contributed by atoms with van der Waals surface area (Å²) in [5.41, 5.74) is 1.41. The Bertz CT molecular complexity index is 1020. The highest BCUT2D eigenvalue weighted by molar-refractivity contribution is 7.91. The van der Waals surface area contributed by atoms with Crippen LogP contribution in [0.15, 0.2) is 48.5 Å². The lowest BCUT2D eigenvalue weighted by Gasteiger charge is -2.27. The molecule has 0 aromatic heterocycles. The average Bonchev–Trinajstić information content (AvgIpc) is 2.99. The van der Waals surface area contributed by atoms with E-state index in [1.807, 2.05) is 12.1 Å². The van der Waals surface area contributed by atoms with Crippen molar-refractivity contribution in [1.82, 2.24) is 4.90 Å². The van der Waals surface area contributed by atoms with E-state index in [2.05, 4.69) is 0 Å². The van der Waals surface area contributed by atoms with Gasteiger partial charge in [-0.05, 0) is 41.8 Å². The molecule has 1 atom stereocenters. The van der Waals surface area contributed by atoms with Gasteiger partial charge in [0.05, 0.1) is 11.5 Å². The molecule has 8 heteroatoms. The molecule has 1 saturated heterocycles. The zero-order valence-corrected chi connectivity index (χ0v) is 17.9. The smallest absolute Gasteiger partial charge is 0.247 e. The van der Waals surface area contributed by atoms with Crippen LogP contribution in [0.5, 0.6) is 0 Å². The number of hydrogen-bond acceptors (Lipinski definition) is 3. The highest BCUT2D eigenvalue weighted by Gasteiger charge is 2.34. The number of benzene rings is 2. The van der Waals surface area contributed by atoms with Crippen molar-refractivity contribution in [2.45, 2.75) is 19.0 Å². The Morgan fingerprint density at radius 1 is 1.11 bits per heavy atom. The maximum Gasteiger partial charge on any atom is 0.247 e. The van der Waals surface area contributed by atoms with Crippen molar-refractivity contribution < 1.29 is 13.2 Å². The highest BCUT2D eigenvalue weighted by Crippen LogP contribution is 2.25. The molecule has 0 radical (unpaired) electrons. The summed E-state index contributed by atoms with van der Waals surface area (Å²) in [6.07, 6.45) is 3.41. The van der Waals surface area contributed by atoms with Crippen LogP contribution in [-0.2, 0) is 21.2 Å². The fourth-order valence-electron chi connectivity index (χ4n) is 3.11. The topological polar surface area (TPSA) is 54.5 Å². The van der Waals surface area contributed by atoms with Gasteiger partial charge >= 0.3 is 0 Å². The number of halogens is 3. The van der Waals surface area contributed by atoms with Crippen LogP contribution in [0.2, 0.25) is 15.1 Å². The summed E-state index contributed by atoms with van der Waals surface area (Å²) in [5, 5.41) is 1.47. The van der Waals surface area contributed by atoms with Gasteiger partial charge in [-0.3, -0.25) is 4.79 Å². The predicted molar refractivity (Wildman–Crippen MR) is 115 cm³/mol. The first kappa shape index (κ1) is 21.2. The van der Waals surface area contributed by atoms with Gasteiger partial charge < -0.3 is 4.90 Å². The molecule has 1 unspecified atom stereocenters. The second-order valence-corrected chi connectivity index (χ2v) is 10.1. The van der Waals surface area contributed by atoms with Gasteiger partial charge in [-0.1, -0.05) is 59.1 Å². The normalized spacial score (nSPS) is 18.5. The number of nitrogens with zero attached hydrogens (tertiary/aromatic N) is 1. The average molecular weight is 459 g/mol. The fraction of sp³-hybridized carbons (Fsp3) is 0.250. The number of rotatable bonds is 5. The molecule has 4 nitrogen and oxygen atoms in total. The maximum atomic E-state index is 12.9. The van der Waals surface area contributed by atoms with Gasteiger partial charge in [-0.25, -0.2) is 8.42 Å². The minimum Gasteiger partial charge on any atom is -0.331 e. The molecular formula is C20H18Cl3NO3S. The Morgan fingerprint density at radius 2 is 1.86 bits per heavy atom. The van der Waals surface area contributed by atoms with Crippen LogP contribution >= 0.6 is 34.8 Å². The molecule has 1 fully saturated rings. The van der Waals surface area contributed by atoms with Crippen molar-refractivity contribution in [3.8, 4) is 0 Å². The van der Waals surface area contributed by atoms with E-state index in [4.69, 9.17) is 34.8 Å².